The molecule has 1 aliphatic carbocycles. The molecule has 7 nitrogen and oxygen atoms in total. The smallest absolute Gasteiger partial charge is 0.407 e. The van der Waals surface area contributed by atoms with Crippen molar-refractivity contribution in [3.05, 3.63) is 59.7 Å². The van der Waals surface area contributed by atoms with E-state index in [1.165, 1.54) is 6.92 Å². The summed E-state index contributed by atoms with van der Waals surface area (Å²) in [5, 5.41) is 4.95. The minimum absolute atomic E-state index is 0.0607. The summed E-state index contributed by atoms with van der Waals surface area (Å²) in [6, 6.07) is 15.2. The van der Waals surface area contributed by atoms with Crippen LogP contribution in [0.25, 0.3) is 11.1 Å². The maximum absolute atomic E-state index is 12.3. The second kappa shape index (κ2) is 9.20. The van der Waals surface area contributed by atoms with Crippen molar-refractivity contribution < 1.29 is 23.9 Å². The molecule has 31 heavy (non-hydrogen) atoms. The zero-order chi connectivity index (χ0) is 22.6. The average Bonchev–Trinajstić information content (AvgIpc) is 3.03. The van der Waals surface area contributed by atoms with Crippen LogP contribution >= 0.6 is 0 Å². The van der Waals surface area contributed by atoms with Gasteiger partial charge < -0.3 is 20.1 Å². The molecule has 0 aromatic heterocycles. The molecule has 0 spiro atoms. The fourth-order valence-electron chi connectivity index (χ4n) is 3.57. The van der Waals surface area contributed by atoms with E-state index >= 15 is 0 Å². The van der Waals surface area contributed by atoms with Crippen LogP contribution in [0.15, 0.2) is 48.5 Å². The maximum atomic E-state index is 12.3. The molecule has 0 bridgehead atoms. The highest BCUT2D eigenvalue weighted by molar-refractivity contribution is 5.88. The lowest BCUT2D eigenvalue weighted by Gasteiger charge is -2.20. The largest absolute Gasteiger partial charge is 0.459 e. The summed E-state index contributed by atoms with van der Waals surface area (Å²) in [4.78, 5) is 36.1. The summed E-state index contributed by atoms with van der Waals surface area (Å²) in [6.45, 7) is 6.64. The Kier molecular flexibility index (Phi) is 6.63. The van der Waals surface area contributed by atoms with Crippen LogP contribution in [0.1, 0.15) is 44.7 Å². The predicted molar refractivity (Wildman–Crippen MR) is 117 cm³/mol. The molecule has 7 heteroatoms. The second-order valence-electron chi connectivity index (χ2n) is 8.50. The van der Waals surface area contributed by atoms with Gasteiger partial charge in [0.05, 0.1) is 0 Å². The fourth-order valence-corrected chi connectivity index (χ4v) is 3.57. The van der Waals surface area contributed by atoms with Gasteiger partial charge in [0.25, 0.3) is 0 Å². The zero-order valence-electron chi connectivity index (χ0n) is 18.2. The van der Waals surface area contributed by atoms with Gasteiger partial charge in [-0.1, -0.05) is 48.5 Å². The zero-order valence-corrected chi connectivity index (χ0v) is 18.2. The first kappa shape index (κ1) is 22.3. The number of amides is 2. The number of esters is 1. The quantitative estimate of drug-likeness (QED) is 0.694. The molecule has 2 aromatic rings. The third kappa shape index (κ3) is 5.63. The van der Waals surface area contributed by atoms with E-state index in [2.05, 4.69) is 22.8 Å². The van der Waals surface area contributed by atoms with Gasteiger partial charge in [0.15, 0.2) is 0 Å². The van der Waals surface area contributed by atoms with E-state index in [-0.39, 0.29) is 19.1 Å². The van der Waals surface area contributed by atoms with E-state index < -0.39 is 29.6 Å². The lowest BCUT2D eigenvalue weighted by Crippen LogP contribution is -2.47. The van der Waals surface area contributed by atoms with Crippen LogP contribution in [0, 0.1) is 0 Å². The van der Waals surface area contributed by atoms with Crippen molar-refractivity contribution in [2.45, 2.75) is 45.3 Å². The van der Waals surface area contributed by atoms with Gasteiger partial charge in [0.1, 0.15) is 24.8 Å². The number of fused-ring (bicyclic) bond motifs is 3. The Hall–Kier alpha value is -3.35. The summed E-state index contributed by atoms with van der Waals surface area (Å²) in [7, 11) is 0. The van der Waals surface area contributed by atoms with Crippen LogP contribution in [0.2, 0.25) is 0 Å². The highest BCUT2D eigenvalue weighted by Crippen LogP contribution is 2.44. The van der Waals surface area contributed by atoms with Gasteiger partial charge in [0.2, 0.25) is 5.91 Å². The number of nitrogens with one attached hydrogen (secondary N) is 2. The van der Waals surface area contributed by atoms with Crippen LogP contribution in [-0.2, 0) is 19.1 Å². The van der Waals surface area contributed by atoms with E-state index in [1.54, 1.807) is 20.8 Å². The van der Waals surface area contributed by atoms with Gasteiger partial charge in [0, 0.05) is 5.92 Å². The van der Waals surface area contributed by atoms with Crippen LogP contribution in [0.3, 0.4) is 0 Å². The molecule has 3 rings (SSSR count). The van der Waals surface area contributed by atoms with Gasteiger partial charge in [-0.15, -0.1) is 0 Å². The van der Waals surface area contributed by atoms with Crippen LogP contribution in [0.5, 0.6) is 0 Å². The second-order valence-corrected chi connectivity index (χ2v) is 8.50. The number of carbonyl (C=O) groups excluding carboxylic acids is 3. The Balaban J connectivity index is 1.51. The Morgan fingerprint density at radius 3 is 2.06 bits per heavy atom. The number of hydrogen-bond acceptors (Lipinski definition) is 5. The molecule has 1 aliphatic rings. The highest BCUT2D eigenvalue weighted by atomic mass is 16.6. The molecule has 1 unspecified atom stereocenters. The first-order valence-corrected chi connectivity index (χ1v) is 10.3. The normalized spacial score (nSPS) is 13.5. The summed E-state index contributed by atoms with van der Waals surface area (Å²) in [5.74, 6) is -1.11. The minimum Gasteiger partial charge on any atom is -0.459 e. The Bertz CT molecular complexity index is 934. The van der Waals surface area contributed by atoms with E-state index in [0.29, 0.717) is 0 Å². The van der Waals surface area contributed by atoms with Crippen LogP contribution in [0.4, 0.5) is 4.79 Å². The van der Waals surface area contributed by atoms with Crippen molar-refractivity contribution in [1.29, 1.82) is 0 Å². The van der Waals surface area contributed by atoms with E-state index in [9.17, 15) is 14.4 Å². The van der Waals surface area contributed by atoms with E-state index in [4.69, 9.17) is 9.47 Å². The Morgan fingerprint density at radius 1 is 0.968 bits per heavy atom. The highest BCUT2D eigenvalue weighted by Gasteiger charge is 2.29. The third-order valence-corrected chi connectivity index (χ3v) is 4.90. The molecule has 0 heterocycles. The van der Waals surface area contributed by atoms with Crippen molar-refractivity contribution in [3.63, 3.8) is 0 Å². The molecule has 164 valence electrons. The summed E-state index contributed by atoms with van der Waals surface area (Å²) >= 11 is 0. The monoisotopic (exact) mass is 424 g/mol. The van der Waals surface area contributed by atoms with Gasteiger partial charge >= 0.3 is 12.1 Å². The Labute approximate surface area is 182 Å². The molecular weight excluding hydrogens is 396 g/mol. The van der Waals surface area contributed by atoms with E-state index in [0.717, 1.165) is 22.3 Å². The fraction of sp³-hybridized carbons (Fsp3) is 0.375. The average molecular weight is 424 g/mol. The first-order valence-electron chi connectivity index (χ1n) is 10.3. The number of rotatable bonds is 6. The Morgan fingerprint density at radius 2 is 1.52 bits per heavy atom. The lowest BCUT2D eigenvalue weighted by atomic mass is 9.98. The molecular formula is C24H28N2O5. The summed E-state index contributed by atoms with van der Waals surface area (Å²) in [5.41, 5.74) is 3.87. The maximum Gasteiger partial charge on any atom is 0.407 e. The number of ether oxygens (including phenoxy) is 2. The van der Waals surface area contributed by atoms with Crippen molar-refractivity contribution in [3.8, 4) is 11.1 Å². The van der Waals surface area contributed by atoms with Crippen molar-refractivity contribution in [1.82, 2.24) is 10.6 Å². The third-order valence-electron chi connectivity index (χ3n) is 4.90. The topological polar surface area (TPSA) is 93.7 Å². The molecule has 2 N–H and O–H groups in total. The molecule has 0 saturated heterocycles. The minimum atomic E-state index is -0.863. The lowest BCUT2D eigenvalue weighted by molar-refractivity contribution is -0.154. The number of benzene rings is 2. The molecule has 1 atom stereocenters. The SMILES string of the molecule is CC(NC(=O)OCC1c2ccccc2-c2ccccc21)C(=O)NCC(=O)OC(C)(C)C. The van der Waals surface area contributed by atoms with Crippen LogP contribution in [-0.4, -0.2) is 42.8 Å². The molecule has 2 amide bonds. The van der Waals surface area contributed by atoms with Gasteiger partial charge in [-0.3, -0.25) is 9.59 Å². The number of alkyl carbamates (subject to hydrolysis) is 1. The van der Waals surface area contributed by atoms with Crippen molar-refractivity contribution in [2.75, 3.05) is 13.2 Å². The molecule has 0 aliphatic heterocycles. The van der Waals surface area contributed by atoms with Crippen molar-refractivity contribution >= 4 is 18.0 Å². The molecule has 0 saturated carbocycles. The van der Waals surface area contributed by atoms with Crippen LogP contribution < -0.4 is 10.6 Å². The number of carbonyl (C=O) groups is 3. The predicted octanol–water partition coefficient (Wildman–Crippen LogP) is 3.37. The number of hydrogen-bond donors (Lipinski definition) is 2. The molecule has 0 radical (unpaired) electrons. The standard InChI is InChI=1S/C24H28N2O5/c1-15(22(28)25-13-21(27)31-24(2,3)4)26-23(29)30-14-20-18-11-7-5-9-16(18)17-10-6-8-12-19(17)20/h5-12,15,20H,13-14H2,1-4H3,(H,25,28)(H,26,29). The van der Waals surface area contributed by atoms with Gasteiger partial charge in [-0.05, 0) is 49.9 Å². The van der Waals surface area contributed by atoms with Gasteiger partial charge in [-0.2, -0.15) is 0 Å². The van der Waals surface area contributed by atoms with Gasteiger partial charge in [-0.25, -0.2) is 4.79 Å². The van der Waals surface area contributed by atoms with Crippen molar-refractivity contribution in [2.24, 2.45) is 0 Å². The summed E-state index contributed by atoms with van der Waals surface area (Å²) < 4.78 is 10.6. The summed E-state index contributed by atoms with van der Waals surface area (Å²) in [6.07, 6.45) is -0.693. The van der Waals surface area contributed by atoms with E-state index in [1.807, 2.05) is 36.4 Å². The molecule has 2 aromatic carbocycles. The first-order chi connectivity index (χ1) is 14.7. The molecule has 0 fully saturated rings.